The zero-order valence-corrected chi connectivity index (χ0v) is 12.2. The first-order valence-electron chi connectivity index (χ1n) is 5.97. The van der Waals surface area contributed by atoms with E-state index in [9.17, 15) is 19.2 Å². The van der Waals surface area contributed by atoms with E-state index in [0.717, 1.165) is 6.92 Å². The Kier molecular flexibility index (Phi) is 5.88. The number of hydrogen-bond donors (Lipinski definition) is 3. The molecule has 8 nitrogen and oxygen atoms in total. The van der Waals surface area contributed by atoms with Gasteiger partial charge in [-0.05, 0) is 18.2 Å². The van der Waals surface area contributed by atoms with Crippen LogP contribution in [0.15, 0.2) is 18.2 Å². The van der Waals surface area contributed by atoms with Gasteiger partial charge in [0.25, 0.3) is 0 Å². The number of anilines is 1. The summed E-state index contributed by atoms with van der Waals surface area (Å²) in [4.78, 5) is 45.1. The minimum absolute atomic E-state index is 0.0479. The molecule has 1 unspecified atom stereocenters. The molecule has 1 rings (SSSR count). The predicted octanol–water partition coefficient (Wildman–Crippen LogP) is 0.237. The Morgan fingerprint density at radius 3 is 2.55 bits per heavy atom. The largest absolute Gasteiger partial charge is 0.479 e. The molecule has 0 spiro atoms. The van der Waals surface area contributed by atoms with Crippen LogP contribution in [-0.4, -0.2) is 41.4 Å². The molecule has 1 aromatic rings. The van der Waals surface area contributed by atoms with E-state index >= 15 is 0 Å². The molecule has 0 aliphatic rings. The molecule has 22 heavy (non-hydrogen) atoms. The van der Waals surface area contributed by atoms with Gasteiger partial charge in [-0.25, -0.2) is 9.59 Å². The number of esters is 1. The second-order valence-electron chi connectivity index (χ2n) is 4.23. The number of rotatable bonds is 6. The minimum atomic E-state index is -1.89. The van der Waals surface area contributed by atoms with Gasteiger partial charge in [-0.15, -0.1) is 0 Å². The van der Waals surface area contributed by atoms with Crippen molar-refractivity contribution in [3.63, 3.8) is 0 Å². The van der Waals surface area contributed by atoms with Gasteiger partial charge in [0.15, 0.2) is 6.61 Å². The fraction of sp³-hybridized carbons (Fsp3) is 0.231. The highest BCUT2D eigenvalue weighted by atomic mass is 35.5. The highest BCUT2D eigenvalue weighted by molar-refractivity contribution is 6.31. The third kappa shape index (κ3) is 4.74. The van der Waals surface area contributed by atoms with Crippen molar-refractivity contribution in [1.82, 2.24) is 5.32 Å². The van der Waals surface area contributed by atoms with Crippen molar-refractivity contribution in [2.45, 2.75) is 13.0 Å². The summed E-state index contributed by atoms with van der Waals surface area (Å²) in [6, 6.07) is 2.31. The number of carboxylic acid groups (broad SMARTS) is 1. The molecule has 9 heteroatoms. The Labute approximate surface area is 130 Å². The van der Waals surface area contributed by atoms with Gasteiger partial charge in [-0.1, -0.05) is 11.6 Å². The summed E-state index contributed by atoms with van der Waals surface area (Å²) in [7, 11) is 0. The molecule has 1 amide bonds. The highest BCUT2D eigenvalue weighted by Gasteiger charge is 2.29. The molecule has 0 bridgehead atoms. The molecule has 0 aliphatic carbocycles. The van der Waals surface area contributed by atoms with Crippen molar-refractivity contribution in [3.8, 4) is 0 Å². The van der Waals surface area contributed by atoms with Gasteiger partial charge in [0, 0.05) is 23.2 Å². The van der Waals surface area contributed by atoms with Crippen LogP contribution < -0.4 is 11.1 Å². The summed E-state index contributed by atoms with van der Waals surface area (Å²) in [5.41, 5.74) is 5.79. The number of ether oxygens (including phenoxy) is 1. The lowest BCUT2D eigenvalue weighted by atomic mass is 10.1. The molecular weight excluding hydrogens is 316 g/mol. The zero-order chi connectivity index (χ0) is 16.9. The second-order valence-corrected chi connectivity index (χ2v) is 4.67. The van der Waals surface area contributed by atoms with Crippen LogP contribution in [0.4, 0.5) is 5.69 Å². The Hall–Kier alpha value is -2.61. The number of benzene rings is 1. The van der Waals surface area contributed by atoms with Crippen LogP contribution >= 0.6 is 11.6 Å². The lowest BCUT2D eigenvalue weighted by Crippen LogP contribution is -2.46. The highest BCUT2D eigenvalue weighted by Crippen LogP contribution is 2.18. The number of carbonyl (C=O) groups is 4. The van der Waals surface area contributed by atoms with Gasteiger partial charge in [-0.3, -0.25) is 9.59 Å². The molecule has 4 N–H and O–H groups in total. The number of ketones is 1. The number of nitrogens with one attached hydrogen (secondary N) is 1. The van der Waals surface area contributed by atoms with Gasteiger partial charge in [0.05, 0.1) is 0 Å². The van der Waals surface area contributed by atoms with E-state index in [2.05, 4.69) is 4.74 Å². The average Bonchev–Trinajstić information content (AvgIpc) is 2.43. The van der Waals surface area contributed by atoms with Crippen molar-refractivity contribution in [2.75, 3.05) is 12.3 Å². The number of carboxylic acids is 1. The molecule has 118 valence electrons. The van der Waals surface area contributed by atoms with Crippen molar-refractivity contribution in [3.05, 3.63) is 28.8 Å². The Bertz CT molecular complexity index is 631. The van der Waals surface area contributed by atoms with Crippen LogP contribution in [0, 0.1) is 0 Å². The van der Waals surface area contributed by atoms with E-state index in [4.69, 9.17) is 22.4 Å². The van der Waals surface area contributed by atoms with Gasteiger partial charge < -0.3 is 20.9 Å². The van der Waals surface area contributed by atoms with Crippen LogP contribution in [0.1, 0.15) is 17.3 Å². The maximum Gasteiger partial charge on any atom is 0.340 e. The van der Waals surface area contributed by atoms with Crippen molar-refractivity contribution >= 4 is 40.9 Å². The van der Waals surface area contributed by atoms with E-state index in [1.165, 1.54) is 18.2 Å². The van der Waals surface area contributed by atoms with Crippen molar-refractivity contribution in [1.29, 1.82) is 0 Å². The van der Waals surface area contributed by atoms with Crippen LogP contribution in [0.25, 0.3) is 0 Å². The molecular formula is C13H13ClN2O6. The monoisotopic (exact) mass is 328 g/mol. The van der Waals surface area contributed by atoms with E-state index in [0.29, 0.717) is 0 Å². The third-order valence-electron chi connectivity index (χ3n) is 2.49. The van der Waals surface area contributed by atoms with Gasteiger partial charge in [-0.2, -0.15) is 0 Å². The Morgan fingerprint density at radius 2 is 2.00 bits per heavy atom. The van der Waals surface area contributed by atoms with Crippen LogP contribution in [0.5, 0.6) is 0 Å². The van der Waals surface area contributed by atoms with Gasteiger partial charge in [0.1, 0.15) is 0 Å². The first-order chi connectivity index (χ1) is 10.2. The molecule has 0 fully saturated rings. The number of nitrogens with two attached hydrogens (primary N) is 1. The number of nitrogen functional groups attached to an aromatic ring is 1. The molecule has 0 saturated heterocycles. The first-order valence-corrected chi connectivity index (χ1v) is 6.35. The number of carbonyl (C=O) groups excluding carboxylic acids is 3. The zero-order valence-electron chi connectivity index (χ0n) is 11.5. The first kappa shape index (κ1) is 17.4. The topological polar surface area (TPSA) is 136 Å². The van der Waals surface area contributed by atoms with E-state index < -0.39 is 36.3 Å². The molecule has 0 aromatic heterocycles. The summed E-state index contributed by atoms with van der Waals surface area (Å²) >= 11 is 5.73. The van der Waals surface area contributed by atoms with E-state index in [1.54, 1.807) is 0 Å². The van der Waals surface area contributed by atoms with E-state index in [1.807, 2.05) is 5.32 Å². The van der Waals surface area contributed by atoms with Crippen molar-refractivity contribution in [2.24, 2.45) is 0 Å². The summed E-state index contributed by atoms with van der Waals surface area (Å²) in [6.45, 7) is 0.313. The minimum Gasteiger partial charge on any atom is -0.479 e. The second kappa shape index (κ2) is 7.41. The smallest absolute Gasteiger partial charge is 0.340 e. The molecule has 0 heterocycles. The number of hydrogen-bond acceptors (Lipinski definition) is 6. The molecule has 0 radical (unpaired) electrons. The van der Waals surface area contributed by atoms with Gasteiger partial charge in [0.2, 0.25) is 17.7 Å². The van der Waals surface area contributed by atoms with E-state index in [-0.39, 0.29) is 16.3 Å². The third-order valence-corrected chi connectivity index (χ3v) is 2.73. The quantitative estimate of drug-likeness (QED) is 0.294. The van der Waals surface area contributed by atoms with Crippen LogP contribution in [0.3, 0.4) is 0 Å². The predicted molar refractivity (Wildman–Crippen MR) is 76.4 cm³/mol. The number of Topliss-reactive ketones (excluding diaryl/α,β-unsaturated/α-hetero) is 1. The Balaban J connectivity index is 2.73. The Morgan fingerprint density at radius 1 is 1.36 bits per heavy atom. The number of amides is 1. The summed E-state index contributed by atoms with van der Waals surface area (Å²) in [5.74, 6) is -4.25. The SMILES string of the molecule is CC(=O)NC(C(=O)O)C(=O)OCC(=O)c1cc(Cl)ccc1N. The number of aliphatic carboxylic acids is 1. The lowest BCUT2D eigenvalue weighted by Gasteiger charge is -2.12. The molecule has 0 saturated carbocycles. The normalized spacial score (nSPS) is 11.4. The molecule has 1 atom stereocenters. The fourth-order valence-corrected chi connectivity index (χ4v) is 1.66. The fourth-order valence-electron chi connectivity index (χ4n) is 1.49. The molecule has 1 aromatic carbocycles. The van der Waals surface area contributed by atoms with Gasteiger partial charge >= 0.3 is 11.9 Å². The maximum atomic E-state index is 11.9. The number of halogens is 1. The summed E-state index contributed by atoms with van der Waals surface area (Å²) in [5, 5.41) is 11.0. The average molecular weight is 329 g/mol. The molecule has 0 aliphatic heterocycles. The van der Waals surface area contributed by atoms with Crippen molar-refractivity contribution < 1.29 is 29.0 Å². The standard InChI is InChI=1S/C13H13ClN2O6/c1-6(17)16-11(12(19)20)13(21)22-5-10(18)8-4-7(14)2-3-9(8)15/h2-4,11H,5,15H2,1H3,(H,16,17)(H,19,20). The summed E-state index contributed by atoms with van der Waals surface area (Å²) < 4.78 is 4.59. The maximum absolute atomic E-state index is 11.9. The lowest BCUT2D eigenvalue weighted by molar-refractivity contribution is -0.156. The summed E-state index contributed by atoms with van der Waals surface area (Å²) in [6.07, 6.45) is 0. The van der Waals surface area contributed by atoms with Crippen LogP contribution in [-0.2, 0) is 19.1 Å². The van der Waals surface area contributed by atoms with Crippen LogP contribution in [0.2, 0.25) is 5.02 Å².